The minimum atomic E-state index is -0.890. The molecule has 0 aliphatic carbocycles. The molecule has 0 atom stereocenters. The second-order valence-electron chi connectivity index (χ2n) is 8.59. The average Bonchev–Trinajstić information content (AvgIpc) is 3.21. The summed E-state index contributed by atoms with van der Waals surface area (Å²) in [5, 5.41) is 10.9. The summed E-state index contributed by atoms with van der Waals surface area (Å²) in [7, 11) is 0. The summed E-state index contributed by atoms with van der Waals surface area (Å²) in [6.45, 7) is 4.15. The van der Waals surface area contributed by atoms with Gasteiger partial charge in [-0.1, -0.05) is 54.6 Å². The number of unbranched alkanes of at least 4 members (excludes halogenated alkanes) is 1. The number of aromatic carboxylic acids is 1. The number of aryl methyl sites for hydroxylation is 2. The number of anilines is 1. The second kappa shape index (κ2) is 9.36. The molecule has 0 spiro atoms. The first-order valence-electron chi connectivity index (χ1n) is 11.5. The van der Waals surface area contributed by atoms with Crippen LogP contribution in [0.1, 0.15) is 34.5 Å². The van der Waals surface area contributed by atoms with E-state index in [1.807, 2.05) is 36.0 Å². The van der Waals surface area contributed by atoms with Crippen molar-refractivity contribution in [2.75, 3.05) is 23.7 Å². The van der Waals surface area contributed by atoms with Crippen LogP contribution in [0.2, 0.25) is 0 Å². The van der Waals surface area contributed by atoms with E-state index in [9.17, 15) is 9.90 Å². The van der Waals surface area contributed by atoms with Gasteiger partial charge in [0.1, 0.15) is 5.69 Å². The molecular formula is C28H28N2O2S. The van der Waals surface area contributed by atoms with Crippen LogP contribution in [-0.4, -0.2) is 34.9 Å². The van der Waals surface area contributed by atoms with E-state index in [1.54, 1.807) is 0 Å². The molecule has 5 heteroatoms. The van der Waals surface area contributed by atoms with Crippen molar-refractivity contribution in [2.24, 2.45) is 0 Å². The standard InChI is InChI=1S/C28H28N2O2S/c1-19-9-2-3-10-20(19)21-12-8-13-22-23(27(28(31)32)29-26(21)22)11-6-7-16-30-17-18-33-25-15-5-4-14-24(25)30/h2-5,8-10,12-15,29H,6-7,11,16-18H2,1H3,(H,31,32). The van der Waals surface area contributed by atoms with Crippen molar-refractivity contribution in [3.05, 3.63) is 83.6 Å². The Bertz CT molecular complexity index is 1310. The Balaban J connectivity index is 1.37. The van der Waals surface area contributed by atoms with Crippen LogP contribution >= 0.6 is 11.8 Å². The molecule has 1 aromatic heterocycles. The van der Waals surface area contributed by atoms with Crippen molar-refractivity contribution < 1.29 is 9.90 Å². The fourth-order valence-corrected chi connectivity index (χ4v) is 5.93. The zero-order chi connectivity index (χ0) is 22.8. The fourth-order valence-electron chi connectivity index (χ4n) is 4.88. The van der Waals surface area contributed by atoms with Gasteiger partial charge in [0.25, 0.3) is 0 Å². The molecule has 1 aliphatic rings. The van der Waals surface area contributed by atoms with Gasteiger partial charge in [-0.15, -0.1) is 11.8 Å². The molecule has 1 aliphatic heterocycles. The maximum absolute atomic E-state index is 12.1. The first-order chi connectivity index (χ1) is 16.1. The van der Waals surface area contributed by atoms with Crippen LogP contribution in [0.4, 0.5) is 5.69 Å². The Labute approximate surface area is 198 Å². The number of hydrogen-bond donors (Lipinski definition) is 2. The summed E-state index contributed by atoms with van der Waals surface area (Å²) in [5.41, 5.74) is 6.86. The van der Waals surface area contributed by atoms with E-state index in [0.717, 1.165) is 65.7 Å². The highest BCUT2D eigenvalue weighted by atomic mass is 32.2. The van der Waals surface area contributed by atoms with E-state index in [2.05, 4.69) is 59.3 Å². The van der Waals surface area contributed by atoms with E-state index in [0.29, 0.717) is 5.69 Å². The lowest BCUT2D eigenvalue weighted by Gasteiger charge is -2.30. The zero-order valence-electron chi connectivity index (χ0n) is 18.8. The SMILES string of the molecule is Cc1ccccc1-c1cccc2c(CCCCN3CCSc4ccccc43)c(C(=O)O)[nH]c12. The number of para-hydroxylation sites is 2. The molecule has 168 valence electrons. The number of aromatic amines is 1. The highest BCUT2D eigenvalue weighted by Gasteiger charge is 2.20. The molecule has 3 aromatic carbocycles. The van der Waals surface area contributed by atoms with Gasteiger partial charge in [0, 0.05) is 34.7 Å². The molecule has 0 saturated heterocycles. The van der Waals surface area contributed by atoms with Gasteiger partial charge in [0.05, 0.1) is 11.2 Å². The fraction of sp³-hybridized carbons (Fsp3) is 0.250. The van der Waals surface area contributed by atoms with Gasteiger partial charge in [-0.05, 0) is 55.0 Å². The number of carboxylic acid groups (broad SMARTS) is 1. The normalized spacial score (nSPS) is 13.3. The van der Waals surface area contributed by atoms with E-state index < -0.39 is 5.97 Å². The van der Waals surface area contributed by atoms with Crippen LogP contribution < -0.4 is 4.90 Å². The Hall–Kier alpha value is -3.18. The lowest BCUT2D eigenvalue weighted by atomic mass is 9.97. The number of rotatable bonds is 7. The highest BCUT2D eigenvalue weighted by Crippen LogP contribution is 2.36. The van der Waals surface area contributed by atoms with Crippen LogP contribution in [0.3, 0.4) is 0 Å². The van der Waals surface area contributed by atoms with Crippen LogP contribution in [-0.2, 0) is 6.42 Å². The number of hydrogen-bond acceptors (Lipinski definition) is 3. The van der Waals surface area contributed by atoms with Crippen molar-refractivity contribution in [1.29, 1.82) is 0 Å². The number of benzene rings is 3. The highest BCUT2D eigenvalue weighted by molar-refractivity contribution is 7.99. The van der Waals surface area contributed by atoms with Gasteiger partial charge in [-0.3, -0.25) is 0 Å². The summed E-state index contributed by atoms with van der Waals surface area (Å²) < 4.78 is 0. The predicted molar refractivity (Wildman–Crippen MR) is 138 cm³/mol. The minimum Gasteiger partial charge on any atom is -0.477 e. The summed E-state index contributed by atoms with van der Waals surface area (Å²) >= 11 is 1.93. The van der Waals surface area contributed by atoms with Gasteiger partial charge in [-0.2, -0.15) is 0 Å². The van der Waals surface area contributed by atoms with E-state index >= 15 is 0 Å². The number of thioether (sulfide) groups is 1. The molecule has 4 aromatic rings. The van der Waals surface area contributed by atoms with Crippen molar-refractivity contribution in [1.82, 2.24) is 4.98 Å². The van der Waals surface area contributed by atoms with Gasteiger partial charge in [-0.25, -0.2) is 4.79 Å². The number of carboxylic acids is 1. The molecule has 0 radical (unpaired) electrons. The Morgan fingerprint density at radius 1 is 1.00 bits per heavy atom. The second-order valence-corrected chi connectivity index (χ2v) is 9.72. The number of nitrogens with one attached hydrogen (secondary N) is 1. The molecule has 0 bridgehead atoms. The summed E-state index contributed by atoms with van der Waals surface area (Å²) in [6.07, 6.45) is 2.74. The lowest BCUT2D eigenvalue weighted by Crippen LogP contribution is -2.30. The third-order valence-corrected chi connectivity index (χ3v) is 7.56. The number of H-pyrrole nitrogens is 1. The summed E-state index contributed by atoms with van der Waals surface area (Å²) in [4.78, 5) is 19.2. The lowest BCUT2D eigenvalue weighted by molar-refractivity contribution is 0.0690. The molecule has 4 nitrogen and oxygen atoms in total. The quantitative estimate of drug-likeness (QED) is 0.301. The Morgan fingerprint density at radius 3 is 2.64 bits per heavy atom. The summed E-state index contributed by atoms with van der Waals surface area (Å²) in [5.74, 6) is 0.225. The predicted octanol–water partition coefficient (Wildman–Crippen LogP) is 6.78. The van der Waals surface area contributed by atoms with Crippen molar-refractivity contribution in [2.45, 2.75) is 31.1 Å². The third-order valence-electron chi connectivity index (χ3n) is 6.52. The van der Waals surface area contributed by atoms with Crippen LogP contribution in [0.5, 0.6) is 0 Å². The topological polar surface area (TPSA) is 56.3 Å². The average molecular weight is 457 g/mol. The molecule has 0 saturated carbocycles. The molecule has 0 fully saturated rings. The number of aromatic nitrogens is 1. The molecule has 2 heterocycles. The van der Waals surface area contributed by atoms with Crippen molar-refractivity contribution in [3.8, 4) is 11.1 Å². The largest absolute Gasteiger partial charge is 0.477 e. The Kier molecular flexibility index (Phi) is 6.14. The molecule has 0 amide bonds. The summed E-state index contributed by atoms with van der Waals surface area (Å²) in [6, 6.07) is 23.0. The van der Waals surface area contributed by atoms with Gasteiger partial charge in [0.2, 0.25) is 0 Å². The van der Waals surface area contributed by atoms with Gasteiger partial charge < -0.3 is 15.0 Å². The third kappa shape index (κ3) is 4.25. The maximum Gasteiger partial charge on any atom is 0.352 e. The molecular weight excluding hydrogens is 428 g/mol. The maximum atomic E-state index is 12.1. The van der Waals surface area contributed by atoms with Crippen LogP contribution in [0.15, 0.2) is 71.6 Å². The zero-order valence-corrected chi connectivity index (χ0v) is 19.6. The van der Waals surface area contributed by atoms with E-state index in [1.165, 1.54) is 16.1 Å². The molecule has 2 N–H and O–H groups in total. The van der Waals surface area contributed by atoms with Crippen molar-refractivity contribution >= 4 is 34.3 Å². The molecule has 33 heavy (non-hydrogen) atoms. The Morgan fingerprint density at radius 2 is 1.79 bits per heavy atom. The van der Waals surface area contributed by atoms with Crippen LogP contribution in [0.25, 0.3) is 22.0 Å². The van der Waals surface area contributed by atoms with E-state index in [4.69, 9.17) is 0 Å². The van der Waals surface area contributed by atoms with E-state index in [-0.39, 0.29) is 0 Å². The molecule has 0 unspecified atom stereocenters. The minimum absolute atomic E-state index is 0.325. The monoisotopic (exact) mass is 456 g/mol. The smallest absolute Gasteiger partial charge is 0.352 e. The van der Waals surface area contributed by atoms with Crippen molar-refractivity contribution in [3.63, 3.8) is 0 Å². The number of fused-ring (bicyclic) bond motifs is 2. The van der Waals surface area contributed by atoms with Crippen LogP contribution in [0, 0.1) is 6.92 Å². The first kappa shape index (κ1) is 21.7. The molecule has 5 rings (SSSR count). The van der Waals surface area contributed by atoms with Gasteiger partial charge >= 0.3 is 5.97 Å². The number of carbonyl (C=O) groups is 1. The number of nitrogens with zero attached hydrogens (tertiary/aromatic N) is 1. The first-order valence-corrected chi connectivity index (χ1v) is 12.5. The van der Waals surface area contributed by atoms with Gasteiger partial charge in [0.15, 0.2) is 0 Å².